The molecule has 0 aliphatic carbocycles. The van der Waals surface area contributed by atoms with Crippen molar-refractivity contribution in [2.24, 2.45) is 0 Å². The Morgan fingerprint density at radius 2 is 1.71 bits per heavy atom. The van der Waals surface area contributed by atoms with Crippen LogP contribution in [0, 0.1) is 0 Å². The number of carbonyl (C=O) groups excluding carboxylic acids is 2. The van der Waals surface area contributed by atoms with E-state index >= 15 is 0 Å². The van der Waals surface area contributed by atoms with Crippen LogP contribution >= 0.6 is 11.8 Å². The lowest BCUT2D eigenvalue weighted by Gasteiger charge is -2.08. The van der Waals surface area contributed by atoms with E-state index in [2.05, 4.69) is 15.6 Å². The number of nitrogens with one attached hydrogen (secondary N) is 2. The zero-order chi connectivity index (χ0) is 21.9. The monoisotopic (exact) mass is 434 g/mol. The maximum absolute atomic E-state index is 12.2. The minimum atomic E-state index is -0.0502. The molecular weight excluding hydrogens is 408 g/mol. The highest BCUT2D eigenvalue weighted by Gasteiger charge is 2.06. The molecule has 1 aromatic heterocycles. The summed E-state index contributed by atoms with van der Waals surface area (Å²) in [6.45, 7) is 0.547. The number of anilines is 2. The van der Waals surface area contributed by atoms with Crippen molar-refractivity contribution in [3.05, 3.63) is 72.9 Å². The van der Waals surface area contributed by atoms with E-state index in [9.17, 15) is 9.59 Å². The zero-order valence-corrected chi connectivity index (χ0v) is 18.0. The summed E-state index contributed by atoms with van der Waals surface area (Å²) in [6, 6.07) is 21.4. The molecule has 6 nitrogen and oxygen atoms in total. The fraction of sp³-hybridized carbons (Fsp3) is 0.208. The van der Waals surface area contributed by atoms with E-state index in [0.717, 1.165) is 28.3 Å². The molecule has 1 heterocycles. The Morgan fingerprint density at radius 1 is 0.903 bits per heavy atom. The molecule has 0 unspecified atom stereocenters. The minimum Gasteiger partial charge on any atom is -0.397 e. The first-order chi connectivity index (χ1) is 15.1. The summed E-state index contributed by atoms with van der Waals surface area (Å²) < 4.78 is 0. The van der Waals surface area contributed by atoms with Crippen LogP contribution in [0.3, 0.4) is 0 Å². The number of nitrogen functional groups attached to an aromatic ring is 1. The molecule has 2 amide bonds. The van der Waals surface area contributed by atoms with Gasteiger partial charge in [-0.1, -0.05) is 54.2 Å². The van der Waals surface area contributed by atoms with Crippen LogP contribution in [-0.4, -0.2) is 29.1 Å². The van der Waals surface area contributed by atoms with Crippen molar-refractivity contribution in [3.63, 3.8) is 0 Å². The predicted molar refractivity (Wildman–Crippen MR) is 127 cm³/mol. The Kier molecular flexibility index (Phi) is 8.48. The minimum absolute atomic E-state index is 0.0264. The number of carbonyl (C=O) groups is 2. The number of nitrogens with zero attached hydrogens (tertiary/aromatic N) is 1. The molecular formula is C24H26N4O2S. The van der Waals surface area contributed by atoms with Gasteiger partial charge >= 0.3 is 0 Å². The van der Waals surface area contributed by atoms with E-state index in [-0.39, 0.29) is 11.8 Å². The summed E-state index contributed by atoms with van der Waals surface area (Å²) in [7, 11) is 0. The molecule has 0 bridgehead atoms. The summed E-state index contributed by atoms with van der Waals surface area (Å²) in [6.07, 6.45) is 3.43. The summed E-state index contributed by atoms with van der Waals surface area (Å²) in [5.74, 6) is 0.224. The van der Waals surface area contributed by atoms with Gasteiger partial charge in [0.2, 0.25) is 11.8 Å². The first-order valence-electron chi connectivity index (χ1n) is 10.2. The first kappa shape index (κ1) is 22.4. The number of thioether (sulfide) groups is 1. The highest BCUT2D eigenvalue weighted by atomic mass is 32.2. The number of aromatic nitrogens is 1. The SMILES string of the molecule is Nc1ccc(SCC(=O)NCCCCC(=O)Nc2cccc(-c3ccccc3)c2)nc1. The highest BCUT2D eigenvalue weighted by Crippen LogP contribution is 2.22. The van der Waals surface area contributed by atoms with Crippen LogP contribution < -0.4 is 16.4 Å². The van der Waals surface area contributed by atoms with E-state index < -0.39 is 0 Å². The van der Waals surface area contributed by atoms with Gasteiger partial charge in [0.25, 0.3) is 0 Å². The van der Waals surface area contributed by atoms with Crippen LogP contribution in [-0.2, 0) is 9.59 Å². The van der Waals surface area contributed by atoms with Crippen molar-refractivity contribution in [1.82, 2.24) is 10.3 Å². The van der Waals surface area contributed by atoms with Gasteiger partial charge in [-0.15, -0.1) is 0 Å². The molecule has 7 heteroatoms. The molecule has 4 N–H and O–H groups in total. The third kappa shape index (κ3) is 7.79. The molecule has 160 valence electrons. The Hall–Kier alpha value is -3.32. The smallest absolute Gasteiger partial charge is 0.230 e. The van der Waals surface area contributed by atoms with Crippen molar-refractivity contribution in [2.75, 3.05) is 23.3 Å². The maximum Gasteiger partial charge on any atom is 0.230 e. The van der Waals surface area contributed by atoms with Crippen LogP contribution in [0.2, 0.25) is 0 Å². The van der Waals surface area contributed by atoms with Crippen molar-refractivity contribution in [1.29, 1.82) is 0 Å². The van der Waals surface area contributed by atoms with Crippen LogP contribution in [0.1, 0.15) is 19.3 Å². The van der Waals surface area contributed by atoms with Crippen LogP contribution in [0.5, 0.6) is 0 Å². The van der Waals surface area contributed by atoms with E-state index in [1.807, 2.05) is 54.6 Å². The molecule has 3 rings (SSSR count). The Labute approximate surface area is 186 Å². The normalized spacial score (nSPS) is 10.5. The lowest BCUT2D eigenvalue weighted by atomic mass is 10.1. The number of amides is 2. The molecule has 3 aromatic rings. The summed E-state index contributed by atoms with van der Waals surface area (Å²) in [5, 5.41) is 6.58. The van der Waals surface area contributed by atoms with Gasteiger partial charge in [-0.3, -0.25) is 9.59 Å². The van der Waals surface area contributed by atoms with Gasteiger partial charge in [0, 0.05) is 18.7 Å². The third-order valence-corrected chi connectivity index (χ3v) is 5.46. The molecule has 31 heavy (non-hydrogen) atoms. The van der Waals surface area contributed by atoms with Crippen molar-refractivity contribution in [3.8, 4) is 11.1 Å². The molecule has 2 aromatic carbocycles. The van der Waals surface area contributed by atoms with Gasteiger partial charge in [-0.05, 0) is 48.2 Å². The summed E-state index contributed by atoms with van der Waals surface area (Å²) in [4.78, 5) is 28.3. The van der Waals surface area contributed by atoms with E-state index in [0.29, 0.717) is 30.8 Å². The van der Waals surface area contributed by atoms with Gasteiger partial charge in [0.05, 0.1) is 22.7 Å². The van der Waals surface area contributed by atoms with Crippen molar-refractivity contribution < 1.29 is 9.59 Å². The average Bonchev–Trinajstić information content (AvgIpc) is 2.79. The zero-order valence-electron chi connectivity index (χ0n) is 17.2. The molecule has 0 atom stereocenters. The number of hydrogen-bond donors (Lipinski definition) is 3. The van der Waals surface area contributed by atoms with Gasteiger partial charge < -0.3 is 16.4 Å². The van der Waals surface area contributed by atoms with Gasteiger partial charge in [0.1, 0.15) is 0 Å². The Morgan fingerprint density at radius 3 is 2.48 bits per heavy atom. The van der Waals surface area contributed by atoms with Crippen molar-refractivity contribution in [2.45, 2.75) is 24.3 Å². The number of benzene rings is 2. The van der Waals surface area contributed by atoms with Gasteiger partial charge in [-0.25, -0.2) is 4.98 Å². The fourth-order valence-electron chi connectivity index (χ4n) is 2.94. The molecule has 0 saturated carbocycles. The predicted octanol–water partition coefficient (Wildman–Crippen LogP) is 4.35. The second-order valence-electron chi connectivity index (χ2n) is 7.02. The highest BCUT2D eigenvalue weighted by molar-refractivity contribution is 7.99. The first-order valence-corrected chi connectivity index (χ1v) is 11.1. The van der Waals surface area contributed by atoms with Crippen LogP contribution in [0.25, 0.3) is 11.1 Å². The molecule has 0 aliphatic rings. The molecule has 0 saturated heterocycles. The number of hydrogen-bond acceptors (Lipinski definition) is 5. The quantitative estimate of drug-likeness (QED) is 0.326. The van der Waals surface area contributed by atoms with E-state index in [4.69, 9.17) is 5.73 Å². The maximum atomic E-state index is 12.2. The van der Waals surface area contributed by atoms with Crippen LogP contribution in [0.15, 0.2) is 78.0 Å². The van der Waals surface area contributed by atoms with Gasteiger partial charge in [-0.2, -0.15) is 0 Å². The topological polar surface area (TPSA) is 97.1 Å². The number of rotatable bonds is 10. The lowest BCUT2D eigenvalue weighted by molar-refractivity contribution is -0.118. The standard InChI is InChI=1S/C24H26N4O2S/c25-20-12-13-24(27-16-20)31-17-23(30)26-14-5-4-11-22(29)28-21-10-6-9-19(15-21)18-7-2-1-3-8-18/h1-3,6-10,12-13,15-16H,4-5,11,14,17,25H2,(H,26,30)(H,28,29). The molecule has 0 spiro atoms. The van der Waals surface area contributed by atoms with Gasteiger partial charge in [0.15, 0.2) is 0 Å². The average molecular weight is 435 g/mol. The summed E-state index contributed by atoms with van der Waals surface area (Å²) in [5.41, 5.74) is 9.15. The number of nitrogens with two attached hydrogens (primary N) is 1. The van der Waals surface area contributed by atoms with Crippen LogP contribution in [0.4, 0.5) is 11.4 Å². The number of pyridine rings is 1. The fourth-order valence-corrected chi connectivity index (χ4v) is 3.61. The second-order valence-corrected chi connectivity index (χ2v) is 8.02. The molecule has 0 aliphatic heterocycles. The lowest BCUT2D eigenvalue weighted by Crippen LogP contribution is -2.26. The molecule has 0 fully saturated rings. The van der Waals surface area contributed by atoms with Crippen molar-refractivity contribution >= 4 is 35.0 Å². The largest absolute Gasteiger partial charge is 0.397 e. The Bertz CT molecular complexity index is 994. The second kappa shape index (κ2) is 11.8. The summed E-state index contributed by atoms with van der Waals surface area (Å²) >= 11 is 1.36. The number of unbranched alkanes of at least 4 members (excludes halogenated alkanes) is 1. The molecule has 0 radical (unpaired) electrons. The van der Waals surface area contributed by atoms with E-state index in [1.165, 1.54) is 11.8 Å². The Balaban J connectivity index is 1.31. The van der Waals surface area contributed by atoms with E-state index in [1.54, 1.807) is 18.3 Å². The third-order valence-electron chi connectivity index (χ3n) is 4.52.